The highest BCUT2D eigenvalue weighted by Gasteiger charge is 2.31. The number of nitrogens with one attached hydrogen (secondary N) is 1. The van der Waals surface area contributed by atoms with E-state index in [0.717, 1.165) is 38.1 Å². The molecule has 9 heteroatoms. The average molecular weight is 393 g/mol. The minimum absolute atomic E-state index is 0.0837. The number of carbonyl (C=O) groups excluding carboxylic acids is 1. The highest BCUT2D eigenvalue weighted by molar-refractivity contribution is 6.05. The van der Waals surface area contributed by atoms with Crippen LogP contribution in [0, 0.1) is 0 Å². The minimum atomic E-state index is -4.51. The first kappa shape index (κ1) is 19.9. The zero-order valence-electron chi connectivity index (χ0n) is 15.8. The summed E-state index contributed by atoms with van der Waals surface area (Å²) in [6.45, 7) is 1.76. The number of aromatic nitrogens is 2. The molecular weight excluding hydrogens is 371 g/mol. The van der Waals surface area contributed by atoms with Gasteiger partial charge in [0.05, 0.1) is 11.8 Å². The molecule has 1 aromatic carbocycles. The topological polar surface area (TPSA) is 61.4 Å². The van der Waals surface area contributed by atoms with Gasteiger partial charge in [0.1, 0.15) is 5.69 Å². The number of rotatable bonds is 4. The Morgan fingerprint density at radius 1 is 1.18 bits per heavy atom. The van der Waals surface area contributed by atoms with Gasteiger partial charge in [-0.2, -0.15) is 18.2 Å². The van der Waals surface area contributed by atoms with Crippen molar-refractivity contribution in [3.05, 3.63) is 41.6 Å². The van der Waals surface area contributed by atoms with Gasteiger partial charge in [-0.1, -0.05) is 6.07 Å². The van der Waals surface area contributed by atoms with Gasteiger partial charge < -0.3 is 15.1 Å². The fourth-order valence-corrected chi connectivity index (χ4v) is 3.07. The third-order valence-corrected chi connectivity index (χ3v) is 4.52. The van der Waals surface area contributed by atoms with Crippen LogP contribution in [0.1, 0.15) is 35.2 Å². The summed E-state index contributed by atoms with van der Waals surface area (Å²) in [5, 5.41) is 2.63. The molecular formula is C19H22F3N5O. The van der Waals surface area contributed by atoms with Gasteiger partial charge >= 0.3 is 6.18 Å². The van der Waals surface area contributed by atoms with Crippen molar-refractivity contribution < 1.29 is 18.0 Å². The van der Waals surface area contributed by atoms with Crippen molar-refractivity contribution in [1.29, 1.82) is 0 Å². The Kier molecular flexibility index (Phi) is 5.71. The van der Waals surface area contributed by atoms with E-state index in [2.05, 4.69) is 20.2 Å². The van der Waals surface area contributed by atoms with Gasteiger partial charge in [0, 0.05) is 32.7 Å². The van der Waals surface area contributed by atoms with Crippen LogP contribution in [-0.4, -0.2) is 43.1 Å². The molecule has 0 aliphatic carbocycles. The summed E-state index contributed by atoms with van der Waals surface area (Å²) in [6, 6.07) is 4.30. The number of carbonyl (C=O) groups is 1. The monoisotopic (exact) mass is 393 g/mol. The van der Waals surface area contributed by atoms with E-state index in [1.165, 1.54) is 24.8 Å². The van der Waals surface area contributed by atoms with Crippen molar-refractivity contribution in [3.63, 3.8) is 0 Å². The summed E-state index contributed by atoms with van der Waals surface area (Å²) in [5.74, 6) is 0.430. The predicted octanol–water partition coefficient (Wildman–Crippen LogP) is 3.80. The number of nitrogens with zero attached hydrogens (tertiary/aromatic N) is 4. The Bertz CT molecular complexity index is 848. The maximum Gasteiger partial charge on any atom is 0.416 e. The van der Waals surface area contributed by atoms with Crippen LogP contribution < -0.4 is 15.1 Å². The van der Waals surface area contributed by atoms with Crippen molar-refractivity contribution in [1.82, 2.24) is 9.97 Å². The summed E-state index contributed by atoms with van der Waals surface area (Å²) >= 11 is 0. The normalized spacial score (nSPS) is 14.7. The van der Waals surface area contributed by atoms with Crippen LogP contribution in [0.2, 0.25) is 0 Å². The maximum atomic E-state index is 12.9. The molecule has 6 nitrogen and oxygen atoms in total. The summed E-state index contributed by atoms with van der Waals surface area (Å²) in [7, 11) is 3.56. The largest absolute Gasteiger partial charge is 0.416 e. The number of halogens is 3. The van der Waals surface area contributed by atoms with Crippen molar-refractivity contribution in [2.75, 3.05) is 42.3 Å². The summed E-state index contributed by atoms with van der Waals surface area (Å²) in [4.78, 5) is 25.2. The molecule has 1 aliphatic rings. The van der Waals surface area contributed by atoms with Crippen LogP contribution in [0.5, 0.6) is 0 Å². The molecule has 1 saturated heterocycles. The van der Waals surface area contributed by atoms with Gasteiger partial charge in [-0.3, -0.25) is 4.79 Å². The number of amides is 1. The lowest BCUT2D eigenvalue weighted by Gasteiger charge is -2.28. The highest BCUT2D eigenvalue weighted by Crippen LogP contribution is 2.30. The predicted molar refractivity (Wildman–Crippen MR) is 102 cm³/mol. The fraction of sp³-hybridized carbons (Fsp3) is 0.421. The number of alkyl halides is 3. The van der Waals surface area contributed by atoms with E-state index in [0.29, 0.717) is 17.5 Å². The van der Waals surface area contributed by atoms with Crippen LogP contribution in [0.25, 0.3) is 0 Å². The minimum Gasteiger partial charge on any atom is -0.361 e. The number of hydrogen-bond acceptors (Lipinski definition) is 5. The Balaban J connectivity index is 1.84. The van der Waals surface area contributed by atoms with E-state index >= 15 is 0 Å². The third kappa shape index (κ3) is 4.52. The van der Waals surface area contributed by atoms with E-state index in [4.69, 9.17) is 0 Å². The van der Waals surface area contributed by atoms with Gasteiger partial charge in [-0.25, -0.2) is 4.98 Å². The lowest BCUT2D eigenvalue weighted by molar-refractivity contribution is -0.137. The molecule has 1 aromatic heterocycles. The second kappa shape index (κ2) is 8.04. The number of benzene rings is 1. The molecule has 0 saturated carbocycles. The van der Waals surface area contributed by atoms with Gasteiger partial charge in [0.15, 0.2) is 5.82 Å². The van der Waals surface area contributed by atoms with Crippen LogP contribution >= 0.6 is 0 Å². The van der Waals surface area contributed by atoms with Gasteiger partial charge in [0.25, 0.3) is 5.91 Å². The first-order chi connectivity index (χ1) is 13.3. The Hall–Kier alpha value is -2.84. The fourth-order valence-electron chi connectivity index (χ4n) is 3.07. The van der Waals surface area contributed by atoms with E-state index in [1.54, 1.807) is 19.0 Å². The van der Waals surface area contributed by atoms with Crippen LogP contribution in [0.15, 0.2) is 30.5 Å². The standard InChI is InChI=1S/C19H22F3N5O/c1-26(2)16-15(12-23-18(25-16)27-9-4-3-5-10-27)24-17(28)13-7-6-8-14(11-13)19(20,21)22/h6-8,11-12H,3-5,9-10H2,1-2H3,(H,24,28). The molecule has 0 bridgehead atoms. The van der Waals surface area contributed by atoms with Crippen molar-refractivity contribution >= 4 is 23.4 Å². The lowest BCUT2D eigenvalue weighted by Crippen LogP contribution is -2.31. The Morgan fingerprint density at radius 3 is 2.54 bits per heavy atom. The van der Waals surface area contributed by atoms with Crippen LogP contribution in [0.3, 0.4) is 0 Å². The summed E-state index contributed by atoms with van der Waals surface area (Å²) in [5.41, 5.74) is -0.613. The second-order valence-electron chi connectivity index (χ2n) is 6.88. The SMILES string of the molecule is CN(C)c1nc(N2CCCCC2)ncc1NC(=O)c1cccc(C(F)(F)F)c1. The summed E-state index contributed by atoms with van der Waals surface area (Å²) < 4.78 is 38.7. The Morgan fingerprint density at radius 2 is 1.89 bits per heavy atom. The molecule has 0 spiro atoms. The highest BCUT2D eigenvalue weighted by atomic mass is 19.4. The van der Waals surface area contributed by atoms with Crippen molar-refractivity contribution in [3.8, 4) is 0 Å². The van der Waals surface area contributed by atoms with E-state index in [1.807, 2.05) is 0 Å². The van der Waals surface area contributed by atoms with E-state index in [9.17, 15) is 18.0 Å². The zero-order chi connectivity index (χ0) is 20.3. The molecule has 0 unspecified atom stereocenters. The third-order valence-electron chi connectivity index (χ3n) is 4.52. The van der Waals surface area contributed by atoms with Gasteiger partial charge in [-0.15, -0.1) is 0 Å². The smallest absolute Gasteiger partial charge is 0.361 e. The molecule has 2 heterocycles. The first-order valence-electron chi connectivity index (χ1n) is 9.03. The number of piperidine rings is 1. The number of hydrogen-bond donors (Lipinski definition) is 1. The molecule has 28 heavy (non-hydrogen) atoms. The molecule has 3 rings (SSSR count). The number of anilines is 3. The Labute approximate surface area is 161 Å². The van der Waals surface area contributed by atoms with Crippen molar-refractivity contribution in [2.45, 2.75) is 25.4 Å². The van der Waals surface area contributed by atoms with E-state index < -0.39 is 17.6 Å². The summed E-state index contributed by atoms with van der Waals surface area (Å²) in [6.07, 6.45) is 0.327. The molecule has 150 valence electrons. The molecule has 0 radical (unpaired) electrons. The second-order valence-corrected chi connectivity index (χ2v) is 6.88. The molecule has 1 aliphatic heterocycles. The van der Waals surface area contributed by atoms with Crippen molar-refractivity contribution in [2.24, 2.45) is 0 Å². The molecule has 1 N–H and O–H groups in total. The quantitative estimate of drug-likeness (QED) is 0.856. The molecule has 2 aromatic rings. The van der Waals surface area contributed by atoms with E-state index in [-0.39, 0.29) is 5.56 Å². The van der Waals surface area contributed by atoms with Crippen LogP contribution in [0.4, 0.5) is 30.6 Å². The van der Waals surface area contributed by atoms with Gasteiger partial charge in [-0.05, 0) is 37.5 Å². The molecule has 0 atom stereocenters. The maximum absolute atomic E-state index is 12.9. The van der Waals surface area contributed by atoms with Crippen LogP contribution in [-0.2, 0) is 6.18 Å². The average Bonchev–Trinajstić information content (AvgIpc) is 2.68. The first-order valence-corrected chi connectivity index (χ1v) is 9.03. The molecule has 1 fully saturated rings. The van der Waals surface area contributed by atoms with Gasteiger partial charge in [0.2, 0.25) is 5.95 Å². The molecule has 1 amide bonds. The lowest BCUT2D eigenvalue weighted by atomic mass is 10.1. The zero-order valence-corrected chi connectivity index (χ0v) is 15.8.